The molecule has 0 radical (unpaired) electrons. The van der Waals surface area contributed by atoms with Gasteiger partial charge in [0.25, 0.3) is 5.91 Å². The van der Waals surface area contributed by atoms with Crippen molar-refractivity contribution in [1.82, 2.24) is 9.62 Å². The number of halogens is 1. The molecule has 1 heterocycles. The minimum atomic E-state index is -3.66. The molecule has 1 N–H and O–H groups in total. The molecule has 0 atom stereocenters. The van der Waals surface area contributed by atoms with Crippen molar-refractivity contribution in [2.45, 2.75) is 43.9 Å². The second-order valence-electron chi connectivity index (χ2n) is 7.56. The lowest BCUT2D eigenvalue weighted by molar-refractivity contribution is 0.0947. The van der Waals surface area contributed by atoms with Crippen molar-refractivity contribution < 1.29 is 17.9 Å². The average Bonchev–Trinajstić information content (AvgIpc) is 3.07. The number of carbonyl (C=O) groups excluding carboxylic acids is 1. The standard InChI is InChI=1S/C23H29ClN2O4S/c1-2-18-7-9-19(10-8-18)30-16-13-25-23(27)21-17-20(11-12-22(21)24)31(28,29)26-14-5-3-4-6-15-26/h7-12,17H,2-6,13-16H2,1H3,(H,25,27). The highest BCUT2D eigenvalue weighted by atomic mass is 35.5. The number of hydrogen-bond acceptors (Lipinski definition) is 4. The quantitative estimate of drug-likeness (QED) is 0.592. The van der Waals surface area contributed by atoms with Crippen LogP contribution in [0.15, 0.2) is 47.4 Å². The van der Waals surface area contributed by atoms with Crippen LogP contribution >= 0.6 is 11.6 Å². The van der Waals surface area contributed by atoms with Gasteiger partial charge in [-0.3, -0.25) is 4.79 Å². The molecule has 0 spiro atoms. The molecule has 8 heteroatoms. The van der Waals surface area contributed by atoms with E-state index in [1.807, 2.05) is 24.3 Å². The smallest absolute Gasteiger partial charge is 0.252 e. The number of nitrogens with one attached hydrogen (secondary N) is 1. The van der Waals surface area contributed by atoms with E-state index in [1.165, 1.54) is 28.1 Å². The molecule has 2 aromatic rings. The third-order valence-corrected chi connectivity index (χ3v) is 7.60. The number of sulfonamides is 1. The average molecular weight is 465 g/mol. The summed E-state index contributed by atoms with van der Waals surface area (Å²) < 4.78 is 33.2. The molecule has 0 aliphatic carbocycles. The van der Waals surface area contributed by atoms with Gasteiger partial charge in [-0.15, -0.1) is 0 Å². The summed E-state index contributed by atoms with van der Waals surface area (Å²) in [6, 6.07) is 12.1. The van der Waals surface area contributed by atoms with Gasteiger partial charge >= 0.3 is 0 Å². The molecule has 0 unspecified atom stereocenters. The first-order valence-electron chi connectivity index (χ1n) is 10.7. The molecule has 31 heavy (non-hydrogen) atoms. The summed E-state index contributed by atoms with van der Waals surface area (Å²) in [4.78, 5) is 12.7. The highest BCUT2D eigenvalue weighted by Gasteiger charge is 2.26. The van der Waals surface area contributed by atoms with Crippen LogP contribution in [0.5, 0.6) is 5.75 Å². The third-order valence-electron chi connectivity index (χ3n) is 5.37. The first-order chi connectivity index (χ1) is 14.9. The molecule has 6 nitrogen and oxygen atoms in total. The van der Waals surface area contributed by atoms with Gasteiger partial charge in [-0.2, -0.15) is 4.31 Å². The predicted octanol–water partition coefficient (Wildman–Crippen LogP) is 4.28. The SMILES string of the molecule is CCc1ccc(OCCNC(=O)c2cc(S(=O)(=O)N3CCCCCC3)ccc2Cl)cc1. The monoisotopic (exact) mass is 464 g/mol. The van der Waals surface area contributed by atoms with Crippen molar-refractivity contribution in [3.05, 3.63) is 58.6 Å². The van der Waals surface area contributed by atoms with E-state index < -0.39 is 15.9 Å². The summed E-state index contributed by atoms with van der Waals surface area (Å²) >= 11 is 6.19. The number of nitrogens with zero attached hydrogens (tertiary/aromatic N) is 1. The summed E-state index contributed by atoms with van der Waals surface area (Å²) in [5, 5.41) is 2.96. The Labute approximate surface area is 189 Å². The Bertz CT molecular complexity index is 985. The van der Waals surface area contributed by atoms with Gasteiger partial charge in [-0.25, -0.2) is 8.42 Å². The van der Waals surface area contributed by atoms with E-state index in [0.717, 1.165) is 37.9 Å². The second-order valence-corrected chi connectivity index (χ2v) is 9.91. The molecule has 2 aromatic carbocycles. The van der Waals surface area contributed by atoms with Gasteiger partial charge in [0.2, 0.25) is 10.0 Å². The van der Waals surface area contributed by atoms with Gasteiger partial charge in [-0.05, 0) is 55.2 Å². The van der Waals surface area contributed by atoms with Crippen LogP contribution in [-0.2, 0) is 16.4 Å². The van der Waals surface area contributed by atoms with E-state index in [4.69, 9.17) is 16.3 Å². The predicted molar refractivity (Wildman–Crippen MR) is 122 cm³/mol. The van der Waals surface area contributed by atoms with Crippen molar-refractivity contribution >= 4 is 27.5 Å². The zero-order valence-corrected chi connectivity index (χ0v) is 19.3. The lowest BCUT2D eigenvalue weighted by atomic mass is 10.2. The van der Waals surface area contributed by atoms with Gasteiger partial charge in [0.1, 0.15) is 12.4 Å². The zero-order chi connectivity index (χ0) is 22.3. The van der Waals surface area contributed by atoms with E-state index in [0.29, 0.717) is 19.7 Å². The van der Waals surface area contributed by atoms with Crippen molar-refractivity contribution in [2.75, 3.05) is 26.2 Å². The summed E-state index contributed by atoms with van der Waals surface area (Å²) in [6.45, 7) is 3.66. The number of ether oxygens (including phenoxy) is 1. The maximum Gasteiger partial charge on any atom is 0.252 e. The van der Waals surface area contributed by atoms with Crippen LogP contribution in [0.4, 0.5) is 0 Å². The number of carbonyl (C=O) groups is 1. The van der Waals surface area contributed by atoms with Crippen molar-refractivity contribution in [1.29, 1.82) is 0 Å². The Morgan fingerprint density at radius 3 is 2.39 bits per heavy atom. The van der Waals surface area contributed by atoms with E-state index in [1.54, 1.807) is 0 Å². The fourth-order valence-electron chi connectivity index (χ4n) is 3.52. The Hall–Kier alpha value is -2.09. The lowest BCUT2D eigenvalue weighted by Crippen LogP contribution is -2.32. The van der Waals surface area contributed by atoms with Crippen molar-refractivity contribution in [2.24, 2.45) is 0 Å². The number of hydrogen-bond donors (Lipinski definition) is 1. The maximum atomic E-state index is 13.0. The number of benzene rings is 2. The normalized spacial score (nSPS) is 15.3. The minimum Gasteiger partial charge on any atom is -0.492 e. The zero-order valence-electron chi connectivity index (χ0n) is 17.8. The molecule has 0 bridgehead atoms. The van der Waals surface area contributed by atoms with E-state index in [2.05, 4.69) is 12.2 Å². The van der Waals surface area contributed by atoms with Crippen LogP contribution in [0.3, 0.4) is 0 Å². The molecule has 0 saturated carbocycles. The molecule has 168 valence electrons. The second kappa shape index (κ2) is 11.0. The van der Waals surface area contributed by atoms with Gasteiger partial charge in [0, 0.05) is 13.1 Å². The molecule has 0 aromatic heterocycles. The molecule has 1 aliphatic rings. The molecule has 3 rings (SSSR count). The molecule has 1 fully saturated rings. The molecular weight excluding hydrogens is 436 g/mol. The van der Waals surface area contributed by atoms with Gasteiger partial charge < -0.3 is 10.1 Å². The van der Waals surface area contributed by atoms with Crippen LogP contribution in [0, 0.1) is 0 Å². The Morgan fingerprint density at radius 2 is 1.74 bits per heavy atom. The third kappa shape index (κ3) is 6.21. The molecular formula is C23H29ClN2O4S. The maximum absolute atomic E-state index is 13.0. The highest BCUT2D eigenvalue weighted by molar-refractivity contribution is 7.89. The van der Waals surface area contributed by atoms with Crippen LogP contribution in [0.1, 0.15) is 48.5 Å². The summed E-state index contributed by atoms with van der Waals surface area (Å²) in [7, 11) is -3.66. The van der Waals surface area contributed by atoms with Crippen LogP contribution in [0.2, 0.25) is 5.02 Å². The Balaban J connectivity index is 1.61. The minimum absolute atomic E-state index is 0.0937. The Morgan fingerprint density at radius 1 is 1.06 bits per heavy atom. The highest BCUT2D eigenvalue weighted by Crippen LogP contribution is 2.25. The molecule has 1 amide bonds. The van der Waals surface area contributed by atoms with Gasteiger partial charge in [0.15, 0.2) is 0 Å². The fraction of sp³-hybridized carbons (Fsp3) is 0.435. The first-order valence-corrected chi connectivity index (χ1v) is 12.5. The Kier molecular flexibility index (Phi) is 8.35. The number of amides is 1. The van der Waals surface area contributed by atoms with Crippen LogP contribution in [-0.4, -0.2) is 44.9 Å². The summed E-state index contributed by atoms with van der Waals surface area (Å²) in [5.41, 5.74) is 1.37. The van der Waals surface area contributed by atoms with Crippen molar-refractivity contribution in [3.8, 4) is 5.75 Å². The van der Waals surface area contributed by atoms with Crippen LogP contribution < -0.4 is 10.1 Å². The lowest BCUT2D eigenvalue weighted by Gasteiger charge is -2.20. The molecule has 1 aliphatic heterocycles. The summed E-state index contributed by atoms with van der Waals surface area (Å²) in [5.74, 6) is 0.304. The van der Waals surface area contributed by atoms with Gasteiger partial charge in [0.05, 0.1) is 22.0 Å². The van der Waals surface area contributed by atoms with E-state index >= 15 is 0 Å². The molecule has 1 saturated heterocycles. The summed E-state index contributed by atoms with van der Waals surface area (Å²) in [6.07, 6.45) is 4.72. The van der Waals surface area contributed by atoms with Crippen molar-refractivity contribution in [3.63, 3.8) is 0 Å². The topological polar surface area (TPSA) is 75.7 Å². The largest absolute Gasteiger partial charge is 0.492 e. The fourth-order valence-corrected chi connectivity index (χ4v) is 5.27. The van der Waals surface area contributed by atoms with Crippen LogP contribution in [0.25, 0.3) is 0 Å². The van der Waals surface area contributed by atoms with E-state index in [-0.39, 0.29) is 22.0 Å². The number of rotatable bonds is 8. The number of aryl methyl sites for hydroxylation is 1. The first kappa shape index (κ1) is 23.6. The van der Waals surface area contributed by atoms with E-state index in [9.17, 15) is 13.2 Å². The van der Waals surface area contributed by atoms with Gasteiger partial charge in [-0.1, -0.05) is 43.5 Å².